The predicted molar refractivity (Wildman–Crippen MR) is 106 cm³/mol. The zero-order valence-electron chi connectivity index (χ0n) is 15.6. The van der Waals surface area contributed by atoms with E-state index in [1.165, 1.54) is 39.7 Å². The molecule has 0 bridgehead atoms. The van der Waals surface area contributed by atoms with Crippen LogP contribution in [0.15, 0.2) is 52.4 Å². The van der Waals surface area contributed by atoms with Crippen molar-refractivity contribution in [3.8, 4) is 17.2 Å². The van der Waals surface area contributed by atoms with Crippen LogP contribution in [0.2, 0.25) is 0 Å². The van der Waals surface area contributed by atoms with Gasteiger partial charge in [0.15, 0.2) is 11.5 Å². The summed E-state index contributed by atoms with van der Waals surface area (Å²) in [7, 11) is 4.40. The van der Waals surface area contributed by atoms with Crippen molar-refractivity contribution in [2.45, 2.75) is 0 Å². The summed E-state index contributed by atoms with van der Waals surface area (Å²) in [5, 5.41) is 4.74. The van der Waals surface area contributed by atoms with E-state index in [9.17, 15) is 9.59 Å². The normalized spacial score (nSPS) is 10.8. The number of aromatic amines is 1. The average Bonchev–Trinajstić information content (AvgIpc) is 2.72. The molecule has 0 aliphatic rings. The van der Waals surface area contributed by atoms with Gasteiger partial charge in [-0.15, -0.1) is 0 Å². The first kappa shape index (κ1) is 19.0. The fourth-order valence-electron chi connectivity index (χ4n) is 2.70. The van der Waals surface area contributed by atoms with Crippen molar-refractivity contribution in [3.05, 3.63) is 63.9 Å². The summed E-state index contributed by atoms with van der Waals surface area (Å²) in [6.45, 7) is 0. The molecule has 28 heavy (non-hydrogen) atoms. The lowest BCUT2D eigenvalue weighted by atomic mass is 10.1. The second-order valence-corrected chi connectivity index (χ2v) is 5.75. The van der Waals surface area contributed by atoms with Crippen LogP contribution < -0.4 is 25.2 Å². The van der Waals surface area contributed by atoms with Crippen molar-refractivity contribution >= 4 is 23.0 Å². The van der Waals surface area contributed by atoms with Gasteiger partial charge in [0.05, 0.1) is 33.1 Å². The SMILES string of the molecule is COc1cc(C(=O)N/N=C/c2cc3ccccc3[nH]c2=O)cc(OC)c1OC. The summed E-state index contributed by atoms with van der Waals surface area (Å²) < 4.78 is 15.7. The van der Waals surface area contributed by atoms with E-state index in [0.29, 0.717) is 22.8 Å². The molecule has 1 amide bonds. The second-order valence-electron chi connectivity index (χ2n) is 5.75. The van der Waals surface area contributed by atoms with E-state index in [-0.39, 0.29) is 11.1 Å². The molecule has 2 aromatic carbocycles. The maximum atomic E-state index is 12.4. The van der Waals surface area contributed by atoms with Crippen molar-refractivity contribution in [2.24, 2.45) is 5.10 Å². The molecule has 0 fully saturated rings. The minimum absolute atomic E-state index is 0.263. The molecule has 0 aliphatic carbocycles. The Balaban J connectivity index is 1.82. The van der Waals surface area contributed by atoms with Crippen LogP contribution in [0.25, 0.3) is 10.9 Å². The highest BCUT2D eigenvalue weighted by Crippen LogP contribution is 2.38. The van der Waals surface area contributed by atoms with Crippen LogP contribution in [0.3, 0.4) is 0 Å². The number of hydrogen-bond acceptors (Lipinski definition) is 6. The smallest absolute Gasteiger partial charge is 0.271 e. The Kier molecular flexibility index (Phi) is 5.59. The number of fused-ring (bicyclic) bond motifs is 1. The van der Waals surface area contributed by atoms with Crippen LogP contribution in [0.5, 0.6) is 17.2 Å². The fraction of sp³-hybridized carbons (Fsp3) is 0.150. The summed E-state index contributed by atoms with van der Waals surface area (Å²) in [6, 6.07) is 12.1. The average molecular weight is 381 g/mol. The highest BCUT2D eigenvalue weighted by molar-refractivity contribution is 5.96. The number of hydrazone groups is 1. The number of nitrogens with zero attached hydrogens (tertiary/aromatic N) is 1. The molecule has 1 heterocycles. The Labute approximate surface area is 160 Å². The van der Waals surface area contributed by atoms with Gasteiger partial charge in [0.2, 0.25) is 5.75 Å². The standard InChI is InChI=1S/C20H19N3O5/c1-26-16-9-13(10-17(27-2)18(16)28-3)20(25)23-21-11-14-8-12-6-4-5-7-15(12)22-19(14)24/h4-11H,1-3H3,(H,22,24)(H,23,25)/b21-11+. The molecule has 8 nitrogen and oxygen atoms in total. The van der Waals surface area contributed by atoms with Gasteiger partial charge in [-0.2, -0.15) is 5.10 Å². The van der Waals surface area contributed by atoms with Crippen molar-refractivity contribution < 1.29 is 19.0 Å². The molecule has 8 heteroatoms. The number of methoxy groups -OCH3 is 3. The lowest BCUT2D eigenvalue weighted by Crippen LogP contribution is -2.19. The monoisotopic (exact) mass is 381 g/mol. The lowest BCUT2D eigenvalue weighted by Gasteiger charge is -2.13. The van der Waals surface area contributed by atoms with Gasteiger partial charge in [0.25, 0.3) is 11.5 Å². The summed E-state index contributed by atoms with van der Waals surface area (Å²) in [6.07, 6.45) is 1.29. The van der Waals surface area contributed by atoms with Gasteiger partial charge in [-0.25, -0.2) is 5.43 Å². The molecule has 0 radical (unpaired) electrons. The molecule has 1 aromatic heterocycles. The third-order valence-corrected chi connectivity index (χ3v) is 4.08. The summed E-state index contributed by atoms with van der Waals surface area (Å²) in [4.78, 5) is 27.3. The highest BCUT2D eigenvalue weighted by Gasteiger charge is 2.16. The highest BCUT2D eigenvalue weighted by atomic mass is 16.5. The van der Waals surface area contributed by atoms with Crippen LogP contribution in [0, 0.1) is 0 Å². The largest absolute Gasteiger partial charge is 0.493 e. The number of aromatic nitrogens is 1. The third-order valence-electron chi connectivity index (χ3n) is 4.08. The van der Waals surface area contributed by atoms with Gasteiger partial charge in [-0.1, -0.05) is 18.2 Å². The molecule has 0 saturated carbocycles. The van der Waals surface area contributed by atoms with Crippen LogP contribution in [-0.4, -0.2) is 38.4 Å². The Morgan fingerprint density at radius 1 is 1.04 bits per heavy atom. The molecule has 0 unspecified atom stereocenters. The Morgan fingerprint density at radius 2 is 1.71 bits per heavy atom. The minimum Gasteiger partial charge on any atom is -0.493 e. The molecular formula is C20H19N3O5. The Morgan fingerprint density at radius 3 is 2.36 bits per heavy atom. The van der Waals surface area contributed by atoms with Gasteiger partial charge in [-0.3, -0.25) is 9.59 Å². The fourth-order valence-corrected chi connectivity index (χ4v) is 2.70. The first-order valence-corrected chi connectivity index (χ1v) is 8.33. The summed E-state index contributed by atoms with van der Waals surface area (Å²) >= 11 is 0. The number of para-hydroxylation sites is 1. The van der Waals surface area contributed by atoms with Crippen molar-refractivity contribution in [1.82, 2.24) is 10.4 Å². The molecule has 0 atom stereocenters. The topological polar surface area (TPSA) is 102 Å². The van der Waals surface area contributed by atoms with E-state index in [2.05, 4.69) is 15.5 Å². The molecular weight excluding hydrogens is 362 g/mol. The molecule has 0 aliphatic heterocycles. The van der Waals surface area contributed by atoms with Gasteiger partial charge in [0, 0.05) is 11.1 Å². The molecule has 2 N–H and O–H groups in total. The number of rotatable bonds is 6. The minimum atomic E-state index is -0.493. The number of carbonyl (C=O) groups is 1. The van der Waals surface area contributed by atoms with Gasteiger partial charge in [-0.05, 0) is 29.7 Å². The van der Waals surface area contributed by atoms with Crippen molar-refractivity contribution in [2.75, 3.05) is 21.3 Å². The van der Waals surface area contributed by atoms with E-state index in [1.54, 1.807) is 6.07 Å². The van der Waals surface area contributed by atoms with E-state index in [0.717, 1.165) is 10.9 Å². The van der Waals surface area contributed by atoms with Gasteiger partial charge >= 0.3 is 0 Å². The van der Waals surface area contributed by atoms with Crippen molar-refractivity contribution in [1.29, 1.82) is 0 Å². The first-order valence-electron chi connectivity index (χ1n) is 8.33. The molecule has 3 rings (SSSR count). The first-order chi connectivity index (χ1) is 13.6. The van der Waals surface area contributed by atoms with Crippen LogP contribution in [-0.2, 0) is 0 Å². The zero-order valence-corrected chi connectivity index (χ0v) is 15.6. The number of hydrogen-bond donors (Lipinski definition) is 2. The van der Waals surface area contributed by atoms with Crippen LogP contribution in [0.4, 0.5) is 0 Å². The lowest BCUT2D eigenvalue weighted by molar-refractivity contribution is 0.0954. The second kappa shape index (κ2) is 8.26. The molecule has 0 saturated heterocycles. The number of nitrogens with one attached hydrogen (secondary N) is 2. The predicted octanol–water partition coefficient (Wildman–Crippen LogP) is 2.32. The van der Waals surface area contributed by atoms with E-state index in [4.69, 9.17) is 14.2 Å². The quantitative estimate of drug-likeness (QED) is 0.504. The third kappa shape index (κ3) is 3.80. The number of H-pyrrole nitrogens is 1. The zero-order chi connectivity index (χ0) is 20.1. The maximum absolute atomic E-state index is 12.4. The number of carbonyl (C=O) groups excluding carboxylic acids is 1. The number of pyridine rings is 1. The molecule has 3 aromatic rings. The van der Waals surface area contributed by atoms with Crippen LogP contribution >= 0.6 is 0 Å². The van der Waals surface area contributed by atoms with E-state index >= 15 is 0 Å². The van der Waals surface area contributed by atoms with E-state index < -0.39 is 5.91 Å². The van der Waals surface area contributed by atoms with Crippen LogP contribution in [0.1, 0.15) is 15.9 Å². The maximum Gasteiger partial charge on any atom is 0.271 e. The Bertz CT molecular complexity index is 1080. The number of benzene rings is 2. The van der Waals surface area contributed by atoms with Gasteiger partial charge < -0.3 is 19.2 Å². The number of ether oxygens (including phenoxy) is 3. The summed E-state index contributed by atoms with van der Waals surface area (Å²) in [5.74, 6) is 0.587. The van der Waals surface area contributed by atoms with Crippen molar-refractivity contribution in [3.63, 3.8) is 0 Å². The summed E-state index contributed by atoms with van der Waals surface area (Å²) in [5.41, 5.74) is 3.40. The molecule has 144 valence electrons. The number of amides is 1. The molecule has 0 spiro atoms. The van der Waals surface area contributed by atoms with Gasteiger partial charge in [0.1, 0.15) is 0 Å². The Hall–Kier alpha value is -3.81. The van der Waals surface area contributed by atoms with E-state index in [1.807, 2.05) is 24.3 Å².